The summed E-state index contributed by atoms with van der Waals surface area (Å²) in [7, 11) is 0. The number of hydrogen-bond donors (Lipinski definition) is 2. The predicted octanol–water partition coefficient (Wildman–Crippen LogP) is 4.29. The van der Waals surface area contributed by atoms with Gasteiger partial charge in [0.15, 0.2) is 0 Å². The van der Waals surface area contributed by atoms with Crippen LogP contribution in [0.3, 0.4) is 0 Å². The van der Waals surface area contributed by atoms with Gasteiger partial charge in [0.2, 0.25) is 0 Å². The Hall–Kier alpha value is -2.13. The number of benzene rings is 2. The Balaban J connectivity index is 2.14. The molecule has 0 saturated heterocycles. The van der Waals surface area contributed by atoms with E-state index in [1.807, 2.05) is 42.5 Å². The largest absolute Gasteiger partial charge is 0.389 e. The summed E-state index contributed by atoms with van der Waals surface area (Å²) in [6.45, 7) is 8.13. The summed E-state index contributed by atoms with van der Waals surface area (Å²) in [4.78, 5) is 12.3. The average molecular weight is 297 g/mol. The van der Waals surface area contributed by atoms with Gasteiger partial charge in [-0.3, -0.25) is 4.79 Å². The topological polar surface area (TPSA) is 49.3 Å². The van der Waals surface area contributed by atoms with Crippen LogP contribution in [0.15, 0.2) is 48.5 Å². The SMILES string of the molecule is C[C@@H](O)c1cccc(NC(=O)c2ccc(C(C)(C)C)cc2)c1. The minimum atomic E-state index is -0.553. The van der Waals surface area contributed by atoms with Crippen LogP contribution in [0.25, 0.3) is 0 Å². The lowest BCUT2D eigenvalue weighted by atomic mass is 9.87. The lowest BCUT2D eigenvalue weighted by Crippen LogP contribution is -2.14. The Kier molecular flexibility index (Phi) is 4.67. The van der Waals surface area contributed by atoms with Gasteiger partial charge in [-0.25, -0.2) is 0 Å². The van der Waals surface area contributed by atoms with Crippen molar-refractivity contribution in [3.8, 4) is 0 Å². The molecule has 0 radical (unpaired) electrons. The highest BCUT2D eigenvalue weighted by atomic mass is 16.3. The van der Waals surface area contributed by atoms with Gasteiger partial charge >= 0.3 is 0 Å². The molecule has 22 heavy (non-hydrogen) atoms. The Morgan fingerprint density at radius 3 is 2.27 bits per heavy atom. The van der Waals surface area contributed by atoms with Crippen molar-refractivity contribution < 1.29 is 9.90 Å². The number of carbonyl (C=O) groups is 1. The number of anilines is 1. The first-order valence-electron chi connectivity index (χ1n) is 7.47. The first-order valence-corrected chi connectivity index (χ1v) is 7.47. The standard InChI is InChI=1S/C19H23NO2/c1-13(21)15-6-5-7-17(12-15)20-18(22)14-8-10-16(11-9-14)19(2,3)4/h5-13,21H,1-4H3,(H,20,22)/t13-/m1/s1. The van der Waals surface area contributed by atoms with Gasteiger partial charge in [0.25, 0.3) is 5.91 Å². The van der Waals surface area contributed by atoms with Crippen molar-refractivity contribution >= 4 is 11.6 Å². The van der Waals surface area contributed by atoms with E-state index in [-0.39, 0.29) is 11.3 Å². The van der Waals surface area contributed by atoms with Crippen LogP contribution in [-0.4, -0.2) is 11.0 Å². The molecule has 2 aromatic rings. The Labute approximate surface area is 132 Å². The van der Waals surface area contributed by atoms with Crippen LogP contribution >= 0.6 is 0 Å². The molecule has 0 aliphatic carbocycles. The van der Waals surface area contributed by atoms with Crippen molar-refractivity contribution in [3.05, 3.63) is 65.2 Å². The second kappa shape index (κ2) is 6.32. The quantitative estimate of drug-likeness (QED) is 0.888. The molecule has 0 aliphatic heterocycles. The highest BCUT2D eigenvalue weighted by Gasteiger charge is 2.14. The van der Waals surface area contributed by atoms with E-state index in [1.54, 1.807) is 13.0 Å². The van der Waals surface area contributed by atoms with E-state index in [9.17, 15) is 9.90 Å². The number of nitrogens with one attached hydrogen (secondary N) is 1. The molecule has 0 bridgehead atoms. The summed E-state index contributed by atoms with van der Waals surface area (Å²) in [6, 6.07) is 14.9. The fourth-order valence-electron chi connectivity index (χ4n) is 2.20. The van der Waals surface area contributed by atoms with Crippen molar-refractivity contribution in [2.75, 3.05) is 5.32 Å². The molecule has 1 atom stereocenters. The summed E-state index contributed by atoms with van der Waals surface area (Å²) in [5.41, 5.74) is 3.35. The zero-order valence-electron chi connectivity index (χ0n) is 13.6. The summed E-state index contributed by atoms with van der Waals surface area (Å²) < 4.78 is 0. The molecule has 3 nitrogen and oxygen atoms in total. The predicted molar refractivity (Wildman–Crippen MR) is 90.2 cm³/mol. The molecule has 2 N–H and O–H groups in total. The van der Waals surface area contributed by atoms with Crippen LogP contribution in [-0.2, 0) is 5.41 Å². The molecule has 116 valence electrons. The van der Waals surface area contributed by atoms with Crippen LogP contribution in [0.1, 0.15) is 55.3 Å². The van der Waals surface area contributed by atoms with E-state index < -0.39 is 6.10 Å². The second-order valence-corrected chi connectivity index (χ2v) is 6.58. The first-order chi connectivity index (χ1) is 10.3. The monoisotopic (exact) mass is 297 g/mol. The number of aliphatic hydroxyl groups is 1. The van der Waals surface area contributed by atoms with Gasteiger partial charge in [0, 0.05) is 11.3 Å². The van der Waals surface area contributed by atoms with Gasteiger partial charge < -0.3 is 10.4 Å². The molecule has 2 rings (SSSR count). The van der Waals surface area contributed by atoms with Crippen LogP contribution in [0.2, 0.25) is 0 Å². The van der Waals surface area contributed by atoms with Gasteiger partial charge in [-0.15, -0.1) is 0 Å². The summed E-state index contributed by atoms with van der Waals surface area (Å²) >= 11 is 0. The van der Waals surface area contributed by atoms with E-state index in [0.717, 1.165) is 5.56 Å². The Bertz CT molecular complexity index is 652. The Morgan fingerprint density at radius 1 is 1.09 bits per heavy atom. The minimum Gasteiger partial charge on any atom is -0.389 e. The maximum absolute atomic E-state index is 12.3. The molecular weight excluding hydrogens is 274 g/mol. The maximum Gasteiger partial charge on any atom is 0.255 e. The van der Waals surface area contributed by atoms with Gasteiger partial charge in [-0.2, -0.15) is 0 Å². The molecule has 0 spiro atoms. The summed E-state index contributed by atoms with van der Waals surface area (Å²) in [6.07, 6.45) is -0.553. The highest BCUT2D eigenvalue weighted by Crippen LogP contribution is 2.23. The average Bonchev–Trinajstić information content (AvgIpc) is 2.46. The Morgan fingerprint density at radius 2 is 1.73 bits per heavy atom. The van der Waals surface area contributed by atoms with E-state index in [4.69, 9.17) is 0 Å². The van der Waals surface area contributed by atoms with Gasteiger partial charge in [-0.05, 0) is 47.7 Å². The number of amides is 1. The van der Waals surface area contributed by atoms with Gasteiger partial charge in [0.05, 0.1) is 6.10 Å². The number of hydrogen-bond acceptors (Lipinski definition) is 2. The zero-order valence-corrected chi connectivity index (χ0v) is 13.6. The summed E-state index contributed by atoms with van der Waals surface area (Å²) in [5.74, 6) is -0.150. The van der Waals surface area contributed by atoms with Crippen LogP contribution in [0, 0.1) is 0 Å². The third-order valence-corrected chi connectivity index (χ3v) is 3.64. The van der Waals surface area contributed by atoms with Crippen molar-refractivity contribution in [2.24, 2.45) is 0 Å². The van der Waals surface area contributed by atoms with Crippen LogP contribution in [0.4, 0.5) is 5.69 Å². The summed E-state index contributed by atoms with van der Waals surface area (Å²) in [5, 5.41) is 12.5. The molecular formula is C19H23NO2. The fourth-order valence-corrected chi connectivity index (χ4v) is 2.20. The number of aliphatic hydroxyl groups excluding tert-OH is 1. The molecule has 1 amide bonds. The zero-order chi connectivity index (χ0) is 16.3. The van der Waals surface area contributed by atoms with Gasteiger partial charge in [0.1, 0.15) is 0 Å². The smallest absolute Gasteiger partial charge is 0.255 e. The fraction of sp³-hybridized carbons (Fsp3) is 0.316. The minimum absolute atomic E-state index is 0.0700. The molecule has 0 aromatic heterocycles. The molecule has 0 aliphatic rings. The molecule has 3 heteroatoms. The van der Waals surface area contributed by atoms with Crippen molar-refractivity contribution in [1.29, 1.82) is 0 Å². The molecule has 2 aromatic carbocycles. The first kappa shape index (κ1) is 16.2. The van der Waals surface area contributed by atoms with E-state index in [2.05, 4.69) is 26.1 Å². The normalized spacial score (nSPS) is 12.8. The molecule has 0 saturated carbocycles. The second-order valence-electron chi connectivity index (χ2n) is 6.58. The van der Waals surface area contributed by atoms with E-state index >= 15 is 0 Å². The van der Waals surface area contributed by atoms with Gasteiger partial charge in [-0.1, -0.05) is 45.0 Å². The van der Waals surface area contributed by atoms with Crippen LogP contribution in [0.5, 0.6) is 0 Å². The molecule has 0 unspecified atom stereocenters. The highest BCUT2D eigenvalue weighted by molar-refractivity contribution is 6.04. The third-order valence-electron chi connectivity index (χ3n) is 3.64. The third kappa shape index (κ3) is 3.95. The van der Waals surface area contributed by atoms with E-state index in [1.165, 1.54) is 5.56 Å². The molecule has 0 fully saturated rings. The molecule has 0 heterocycles. The lowest BCUT2D eigenvalue weighted by molar-refractivity contribution is 0.102. The maximum atomic E-state index is 12.3. The van der Waals surface area contributed by atoms with Crippen molar-refractivity contribution in [2.45, 2.75) is 39.2 Å². The van der Waals surface area contributed by atoms with Crippen molar-refractivity contribution in [3.63, 3.8) is 0 Å². The lowest BCUT2D eigenvalue weighted by Gasteiger charge is -2.19. The van der Waals surface area contributed by atoms with Crippen molar-refractivity contribution in [1.82, 2.24) is 0 Å². The van der Waals surface area contributed by atoms with E-state index in [0.29, 0.717) is 11.3 Å². The number of carbonyl (C=O) groups excluding carboxylic acids is 1. The van der Waals surface area contributed by atoms with Crippen LogP contribution < -0.4 is 5.32 Å². The number of rotatable bonds is 3.